The number of hydrogen-bond acceptors (Lipinski definition) is 7. The molecule has 1 aromatic heterocycles. The molecular formula is C22H25F3N6O. The third kappa shape index (κ3) is 4.50. The Balaban J connectivity index is 1.77. The number of alkyl halides is 3. The quantitative estimate of drug-likeness (QED) is 0.490. The zero-order valence-electron chi connectivity index (χ0n) is 17.8. The summed E-state index contributed by atoms with van der Waals surface area (Å²) in [7, 11) is 1.55. The molecule has 3 aromatic rings. The summed E-state index contributed by atoms with van der Waals surface area (Å²) in [5, 5.41) is 7.17. The first-order valence-corrected chi connectivity index (χ1v) is 10.4. The number of likely N-dealkylation sites (N-methyl/N-ethyl adjacent to an activating group) is 1. The predicted molar refractivity (Wildman–Crippen MR) is 120 cm³/mol. The SMILES string of the molecule is CCN[C@H]1CCN(c2nc(Nc3cc(N)cc(C(F)(F)F)c3)nc3c(OC)cccc23)C1. The lowest BCUT2D eigenvalue weighted by Crippen LogP contribution is -2.32. The Morgan fingerprint density at radius 3 is 2.75 bits per heavy atom. The summed E-state index contributed by atoms with van der Waals surface area (Å²) < 4.78 is 45.1. The first-order valence-electron chi connectivity index (χ1n) is 10.4. The normalized spacial score (nSPS) is 16.5. The number of nitrogens with zero attached hydrogens (tertiary/aromatic N) is 3. The van der Waals surface area contributed by atoms with Gasteiger partial charge in [0.25, 0.3) is 0 Å². The van der Waals surface area contributed by atoms with Crippen molar-refractivity contribution in [2.45, 2.75) is 25.6 Å². The van der Waals surface area contributed by atoms with Gasteiger partial charge < -0.3 is 26.0 Å². The molecule has 170 valence electrons. The van der Waals surface area contributed by atoms with Crippen LogP contribution in [0, 0.1) is 0 Å². The molecule has 1 aliphatic rings. The summed E-state index contributed by atoms with van der Waals surface area (Å²) in [4.78, 5) is 11.4. The molecule has 10 heteroatoms. The van der Waals surface area contributed by atoms with E-state index in [1.807, 2.05) is 12.1 Å². The molecule has 4 rings (SSSR count). The molecule has 7 nitrogen and oxygen atoms in total. The minimum Gasteiger partial charge on any atom is -0.494 e. The maximum absolute atomic E-state index is 13.2. The highest BCUT2D eigenvalue weighted by Gasteiger charge is 2.31. The maximum atomic E-state index is 13.2. The van der Waals surface area contributed by atoms with Gasteiger partial charge in [0, 0.05) is 35.9 Å². The van der Waals surface area contributed by atoms with Crippen LogP contribution in [0.15, 0.2) is 36.4 Å². The van der Waals surface area contributed by atoms with E-state index < -0.39 is 11.7 Å². The number of hydrogen-bond donors (Lipinski definition) is 3. The Hall–Kier alpha value is -3.27. The van der Waals surface area contributed by atoms with Gasteiger partial charge in [-0.3, -0.25) is 0 Å². The number of rotatable bonds is 6. The number of ether oxygens (including phenoxy) is 1. The molecule has 1 saturated heterocycles. The van der Waals surface area contributed by atoms with Crippen LogP contribution >= 0.6 is 0 Å². The van der Waals surface area contributed by atoms with Gasteiger partial charge in [0.2, 0.25) is 5.95 Å². The summed E-state index contributed by atoms with van der Waals surface area (Å²) in [6.45, 7) is 4.51. The lowest BCUT2D eigenvalue weighted by molar-refractivity contribution is -0.137. The van der Waals surface area contributed by atoms with Crippen LogP contribution in [0.2, 0.25) is 0 Å². The highest BCUT2D eigenvalue weighted by molar-refractivity contribution is 5.94. The summed E-state index contributed by atoms with van der Waals surface area (Å²) >= 11 is 0. The van der Waals surface area contributed by atoms with E-state index in [9.17, 15) is 13.2 Å². The van der Waals surface area contributed by atoms with Crippen LogP contribution in [0.25, 0.3) is 10.9 Å². The van der Waals surface area contributed by atoms with Crippen LogP contribution in [-0.2, 0) is 6.18 Å². The van der Waals surface area contributed by atoms with Crippen LogP contribution in [-0.4, -0.2) is 42.8 Å². The van der Waals surface area contributed by atoms with Crippen molar-refractivity contribution in [2.24, 2.45) is 0 Å². The monoisotopic (exact) mass is 446 g/mol. The Labute approximate surface area is 183 Å². The number of para-hydroxylation sites is 1. The highest BCUT2D eigenvalue weighted by Crippen LogP contribution is 2.35. The molecule has 32 heavy (non-hydrogen) atoms. The maximum Gasteiger partial charge on any atom is 0.416 e. The Morgan fingerprint density at radius 2 is 2.03 bits per heavy atom. The van der Waals surface area contributed by atoms with Crippen molar-refractivity contribution in [1.29, 1.82) is 0 Å². The highest BCUT2D eigenvalue weighted by atomic mass is 19.4. The smallest absolute Gasteiger partial charge is 0.416 e. The molecular weight excluding hydrogens is 421 g/mol. The average molecular weight is 446 g/mol. The van der Waals surface area contributed by atoms with E-state index in [-0.39, 0.29) is 17.3 Å². The van der Waals surface area contributed by atoms with Crippen molar-refractivity contribution in [1.82, 2.24) is 15.3 Å². The lowest BCUT2D eigenvalue weighted by Gasteiger charge is -2.21. The van der Waals surface area contributed by atoms with E-state index in [1.165, 1.54) is 6.07 Å². The topological polar surface area (TPSA) is 88.3 Å². The van der Waals surface area contributed by atoms with Gasteiger partial charge in [0.15, 0.2) is 0 Å². The molecule has 0 amide bonds. The van der Waals surface area contributed by atoms with Crippen molar-refractivity contribution in [3.8, 4) is 5.75 Å². The molecule has 0 saturated carbocycles. The van der Waals surface area contributed by atoms with Gasteiger partial charge in [0.1, 0.15) is 17.1 Å². The Morgan fingerprint density at radius 1 is 1.22 bits per heavy atom. The van der Waals surface area contributed by atoms with Gasteiger partial charge >= 0.3 is 6.18 Å². The number of benzene rings is 2. The number of nitrogens with one attached hydrogen (secondary N) is 2. The summed E-state index contributed by atoms with van der Waals surface area (Å²) in [5.74, 6) is 1.43. The van der Waals surface area contributed by atoms with E-state index in [2.05, 4.69) is 32.4 Å². The number of nitrogens with two attached hydrogens (primary N) is 1. The van der Waals surface area contributed by atoms with Crippen molar-refractivity contribution in [3.63, 3.8) is 0 Å². The molecule has 0 aliphatic carbocycles. The van der Waals surface area contributed by atoms with Gasteiger partial charge in [-0.25, -0.2) is 4.98 Å². The molecule has 0 spiro atoms. The molecule has 1 atom stereocenters. The molecule has 4 N–H and O–H groups in total. The molecule has 2 aromatic carbocycles. The number of fused-ring (bicyclic) bond motifs is 1. The van der Waals surface area contributed by atoms with Crippen LogP contribution in [0.1, 0.15) is 18.9 Å². The molecule has 1 fully saturated rings. The number of methoxy groups -OCH3 is 1. The fourth-order valence-electron chi connectivity index (χ4n) is 4.00. The third-order valence-corrected chi connectivity index (χ3v) is 5.41. The van der Waals surface area contributed by atoms with Crippen molar-refractivity contribution < 1.29 is 17.9 Å². The van der Waals surface area contributed by atoms with Crippen molar-refractivity contribution in [2.75, 3.05) is 42.7 Å². The third-order valence-electron chi connectivity index (χ3n) is 5.41. The minimum absolute atomic E-state index is 0.00561. The van der Waals surface area contributed by atoms with E-state index in [0.29, 0.717) is 23.1 Å². The second-order valence-electron chi connectivity index (χ2n) is 7.68. The van der Waals surface area contributed by atoms with E-state index in [1.54, 1.807) is 13.2 Å². The van der Waals surface area contributed by atoms with Crippen molar-refractivity contribution in [3.05, 3.63) is 42.0 Å². The van der Waals surface area contributed by atoms with Gasteiger partial charge in [-0.05, 0) is 43.3 Å². The van der Waals surface area contributed by atoms with Gasteiger partial charge in [-0.2, -0.15) is 18.2 Å². The molecule has 0 unspecified atom stereocenters. The minimum atomic E-state index is -4.51. The average Bonchev–Trinajstić information content (AvgIpc) is 3.20. The lowest BCUT2D eigenvalue weighted by atomic mass is 10.1. The number of nitrogen functional groups attached to an aromatic ring is 1. The zero-order chi connectivity index (χ0) is 22.9. The first kappa shape index (κ1) is 21.9. The second-order valence-corrected chi connectivity index (χ2v) is 7.68. The van der Waals surface area contributed by atoms with Crippen LogP contribution < -0.4 is 26.0 Å². The number of halogens is 3. The predicted octanol–water partition coefficient (Wildman–Crippen LogP) is 4.17. The van der Waals surface area contributed by atoms with Gasteiger partial charge in [0.05, 0.1) is 12.7 Å². The van der Waals surface area contributed by atoms with Gasteiger partial charge in [-0.15, -0.1) is 0 Å². The van der Waals surface area contributed by atoms with Gasteiger partial charge in [-0.1, -0.05) is 13.0 Å². The summed E-state index contributed by atoms with van der Waals surface area (Å²) in [6.07, 6.45) is -3.54. The zero-order valence-corrected chi connectivity index (χ0v) is 17.8. The van der Waals surface area contributed by atoms with Crippen LogP contribution in [0.4, 0.5) is 36.3 Å². The molecule has 2 heterocycles. The first-order chi connectivity index (χ1) is 15.3. The summed E-state index contributed by atoms with van der Waals surface area (Å²) in [6, 6.07) is 9.22. The number of anilines is 4. The van der Waals surface area contributed by atoms with E-state index >= 15 is 0 Å². The molecule has 0 bridgehead atoms. The fourth-order valence-corrected chi connectivity index (χ4v) is 4.00. The largest absolute Gasteiger partial charge is 0.494 e. The standard InChI is InChI=1S/C22H25F3N6O/c1-3-27-15-7-8-31(12-15)20-17-5-4-6-18(32-2)19(17)29-21(30-20)28-16-10-13(22(23,24)25)9-14(26)11-16/h4-6,9-11,15,27H,3,7-8,12,26H2,1-2H3,(H,28,29,30)/t15-/m0/s1. The van der Waals surface area contributed by atoms with Crippen molar-refractivity contribution >= 4 is 34.0 Å². The fraction of sp³-hybridized carbons (Fsp3) is 0.364. The molecule has 0 radical (unpaired) electrons. The van der Waals surface area contributed by atoms with E-state index in [4.69, 9.17) is 10.5 Å². The number of aromatic nitrogens is 2. The van der Waals surface area contributed by atoms with Crippen LogP contribution in [0.3, 0.4) is 0 Å². The van der Waals surface area contributed by atoms with E-state index in [0.717, 1.165) is 43.6 Å². The Bertz CT molecular complexity index is 1120. The summed E-state index contributed by atoms with van der Waals surface area (Å²) in [5.41, 5.74) is 5.59. The molecule has 1 aliphatic heterocycles. The second kappa shape index (κ2) is 8.70. The Kier molecular flexibility index (Phi) is 5.96. The van der Waals surface area contributed by atoms with Crippen LogP contribution in [0.5, 0.6) is 5.75 Å².